The van der Waals surface area contributed by atoms with E-state index in [1.54, 1.807) is 0 Å². The number of aromatic nitrogens is 2. The number of rotatable bonds is 4. The van der Waals surface area contributed by atoms with E-state index in [1.165, 1.54) is 16.7 Å². The number of anilines is 1. The van der Waals surface area contributed by atoms with Crippen LogP contribution >= 0.6 is 0 Å². The van der Waals surface area contributed by atoms with E-state index in [0.29, 0.717) is 0 Å². The van der Waals surface area contributed by atoms with E-state index in [2.05, 4.69) is 51.3 Å². The third-order valence-corrected chi connectivity index (χ3v) is 3.95. The van der Waals surface area contributed by atoms with Gasteiger partial charge in [0, 0.05) is 18.5 Å². The lowest BCUT2D eigenvalue weighted by Gasteiger charge is -2.10. The van der Waals surface area contributed by atoms with Crippen LogP contribution in [-0.4, -0.2) is 9.55 Å². The van der Waals surface area contributed by atoms with E-state index < -0.39 is 0 Å². The normalized spacial score (nSPS) is 11.1. The average molecular weight is 271 g/mol. The molecule has 20 heavy (non-hydrogen) atoms. The van der Waals surface area contributed by atoms with E-state index in [0.717, 1.165) is 42.3 Å². The fourth-order valence-electron chi connectivity index (χ4n) is 2.67. The van der Waals surface area contributed by atoms with E-state index in [9.17, 15) is 0 Å². The Bertz CT molecular complexity index is 624. The van der Waals surface area contributed by atoms with Crippen LogP contribution in [0.15, 0.2) is 12.1 Å². The van der Waals surface area contributed by atoms with Crippen molar-refractivity contribution in [3.05, 3.63) is 34.6 Å². The van der Waals surface area contributed by atoms with Gasteiger partial charge in [-0.2, -0.15) is 0 Å². The monoisotopic (exact) mass is 271 g/mol. The predicted molar refractivity (Wildman–Crippen MR) is 86.0 cm³/mol. The quantitative estimate of drug-likeness (QED) is 0.912. The number of hydrogen-bond donors (Lipinski definition) is 1. The van der Waals surface area contributed by atoms with Gasteiger partial charge in [-0.1, -0.05) is 19.9 Å². The summed E-state index contributed by atoms with van der Waals surface area (Å²) in [5, 5.41) is 0. The van der Waals surface area contributed by atoms with Gasteiger partial charge in [0.2, 0.25) is 0 Å². The molecule has 0 amide bonds. The maximum atomic E-state index is 6.36. The summed E-state index contributed by atoms with van der Waals surface area (Å²) >= 11 is 0. The SMILES string of the molecule is CCCn1c(CC)nc(-c2cc(C)c(C)cc2C)c1N. The van der Waals surface area contributed by atoms with Crippen molar-refractivity contribution >= 4 is 5.82 Å². The summed E-state index contributed by atoms with van der Waals surface area (Å²) in [6, 6.07) is 4.42. The summed E-state index contributed by atoms with van der Waals surface area (Å²) in [4.78, 5) is 4.79. The van der Waals surface area contributed by atoms with Crippen LogP contribution in [0.2, 0.25) is 0 Å². The highest BCUT2D eigenvalue weighted by Gasteiger charge is 2.16. The van der Waals surface area contributed by atoms with E-state index in [1.807, 2.05) is 0 Å². The molecule has 2 rings (SSSR count). The van der Waals surface area contributed by atoms with Crippen molar-refractivity contribution in [2.24, 2.45) is 0 Å². The summed E-state index contributed by atoms with van der Waals surface area (Å²) in [6.07, 6.45) is 1.98. The standard InChI is InChI=1S/C17H25N3/c1-6-8-20-15(7-2)19-16(17(20)18)14-10-12(4)11(3)9-13(14)5/h9-10H,6-8,18H2,1-5H3. The van der Waals surface area contributed by atoms with Crippen LogP contribution in [0.5, 0.6) is 0 Å². The lowest BCUT2D eigenvalue weighted by atomic mass is 9.99. The van der Waals surface area contributed by atoms with E-state index >= 15 is 0 Å². The molecule has 0 aliphatic carbocycles. The fraction of sp³-hybridized carbons (Fsp3) is 0.471. The highest BCUT2D eigenvalue weighted by Crippen LogP contribution is 2.31. The van der Waals surface area contributed by atoms with Crippen LogP contribution in [0, 0.1) is 20.8 Å². The molecular weight excluding hydrogens is 246 g/mol. The number of nitrogens with two attached hydrogens (primary N) is 1. The molecule has 2 aromatic rings. The van der Waals surface area contributed by atoms with Gasteiger partial charge in [-0.3, -0.25) is 0 Å². The minimum atomic E-state index is 0.801. The highest BCUT2D eigenvalue weighted by molar-refractivity contribution is 5.74. The van der Waals surface area contributed by atoms with Crippen LogP contribution in [0.1, 0.15) is 42.8 Å². The van der Waals surface area contributed by atoms with Gasteiger partial charge in [0.05, 0.1) is 0 Å². The largest absolute Gasteiger partial charge is 0.383 e. The van der Waals surface area contributed by atoms with Crippen molar-refractivity contribution in [1.29, 1.82) is 0 Å². The predicted octanol–water partition coefficient (Wildman–Crippen LogP) is 4.03. The molecule has 0 saturated carbocycles. The third-order valence-electron chi connectivity index (χ3n) is 3.95. The summed E-state index contributed by atoms with van der Waals surface area (Å²) < 4.78 is 2.16. The Morgan fingerprint density at radius 2 is 1.70 bits per heavy atom. The van der Waals surface area contributed by atoms with Gasteiger partial charge < -0.3 is 10.3 Å². The van der Waals surface area contributed by atoms with Crippen molar-refractivity contribution in [3.63, 3.8) is 0 Å². The Morgan fingerprint density at radius 3 is 2.30 bits per heavy atom. The zero-order valence-electron chi connectivity index (χ0n) is 13.2. The van der Waals surface area contributed by atoms with Gasteiger partial charge in [0.1, 0.15) is 17.3 Å². The van der Waals surface area contributed by atoms with Crippen LogP contribution in [0.25, 0.3) is 11.3 Å². The summed E-state index contributed by atoms with van der Waals surface area (Å²) in [5.41, 5.74) is 12.3. The van der Waals surface area contributed by atoms with Gasteiger partial charge in [-0.25, -0.2) is 4.98 Å². The van der Waals surface area contributed by atoms with Gasteiger partial charge >= 0.3 is 0 Å². The Kier molecular flexibility index (Phi) is 4.17. The molecule has 1 heterocycles. The summed E-state index contributed by atoms with van der Waals surface area (Å²) in [5.74, 6) is 1.88. The molecule has 0 aliphatic rings. The second-order valence-corrected chi connectivity index (χ2v) is 5.52. The number of imidazole rings is 1. The molecule has 108 valence electrons. The molecule has 0 unspecified atom stereocenters. The molecule has 3 heteroatoms. The minimum Gasteiger partial charge on any atom is -0.383 e. The van der Waals surface area contributed by atoms with Crippen molar-refractivity contribution in [2.75, 3.05) is 5.73 Å². The highest BCUT2D eigenvalue weighted by atomic mass is 15.1. The van der Waals surface area contributed by atoms with Gasteiger partial charge in [-0.05, 0) is 49.9 Å². The fourth-order valence-corrected chi connectivity index (χ4v) is 2.67. The first-order chi connectivity index (χ1) is 9.49. The van der Waals surface area contributed by atoms with Crippen molar-refractivity contribution in [1.82, 2.24) is 9.55 Å². The van der Waals surface area contributed by atoms with Crippen LogP contribution in [-0.2, 0) is 13.0 Å². The lowest BCUT2D eigenvalue weighted by Crippen LogP contribution is -2.06. The molecule has 0 aliphatic heterocycles. The first-order valence-electron chi connectivity index (χ1n) is 7.42. The molecule has 1 aromatic heterocycles. The molecule has 1 aromatic carbocycles. The molecule has 0 fully saturated rings. The topological polar surface area (TPSA) is 43.8 Å². The first-order valence-corrected chi connectivity index (χ1v) is 7.42. The van der Waals surface area contributed by atoms with Crippen LogP contribution < -0.4 is 5.73 Å². The molecule has 0 saturated heterocycles. The third kappa shape index (κ3) is 2.45. The molecule has 2 N–H and O–H groups in total. The molecule has 0 spiro atoms. The molecule has 0 atom stereocenters. The summed E-state index contributed by atoms with van der Waals surface area (Å²) in [6.45, 7) is 11.6. The van der Waals surface area contributed by atoms with Crippen molar-refractivity contribution < 1.29 is 0 Å². The van der Waals surface area contributed by atoms with Gasteiger partial charge in [0.15, 0.2) is 0 Å². The maximum Gasteiger partial charge on any atom is 0.131 e. The first kappa shape index (κ1) is 14.6. The van der Waals surface area contributed by atoms with Gasteiger partial charge in [0.25, 0.3) is 0 Å². The Morgan fingerprint density at radius 1 is 1.05 bits per heavy atom. The molecule has 0 radical (unpaired) electrons. The smallest absolute Gasteiger partial charge is 0.131 e. The van der Waals surface area contributed by atoms with E-state index in [-0.39, 0.29) is 0 Å². The number of nitrogen functional groups attached to an aromatic ring is 1. The Balaban J connectivity index is 2.61. The number of nitrogens with zero attached hydrogens (tertiary/aromatic N) is 2. The zero-order chi connectivity index (χ0) is 14.9. The minimum absolute atomic E-state index is 0.801. The molecule has 3 nitrogen and oxygen atoms in total. The maximum absolute atomic E-state index is 6.36. The second-order valence-electron chi connectivity index (χ2n) is 5.52. The number of benzene rings is 1. The Hall–Kier alpha value is -1.77. The summed E-state index contributed by atoms with van der Waals surface area (Å²) in [7, 11) is 0. The van der Waals surface area contributed by atoms with Gasteiger partial charge in [-0.15, -0.1) is 0 Å². The lowest BCUT2D eigenvalue weighted by molar-refractivity contribution is 0.650. The number of hydrogen-bond acceptors (Lipinski definition) is 2. The molecular formula is C17H25N3. The Labute approximate surface area is 121 Å². The molecule has 0 bridgehead atoms. The van der Waals surface area contributed by atoms with Crippen LogP contribution in [0.4, 0.5) is 5.82 Å². The second kappa shape index (κ2) is 5.70. The average Bonchev–Trinajstić information content (AvgIpc) is 2.72. The van der Waals surface area contributed by atoms with Crippen LogP contribution in [0.3, 0.4) is 0 Å². The van der Waals surface area contributed by atoms with Crippen molar-refractivity contribution in [3.8, 4) is 11.3 Å². The van der Waals surface area contributed by atoms with E-state index in [4.69, 9.17) is 10.7 Å². The zero-order valence-corrected chi connectivity index (χ0v) is 13.2. The number of aryl methyl sites for hydroxylation is 4. The van der Waals surface area contributed by atoms with Crippen molar-refractivity contribution in [2.45, 2.75) is 54.0 Å².